The number of hydrogen-bond donors (Lipinski definition) is 2. The van der Waals surface area contributed by atoms with Crippen LogP contribution >= 0.6 is 11.6 Å². The number of carbonyl (C=O) groups is 1. The molecular weight excluding hydrogens is 280 g/mol. The topological polar surface area (TPSA) is 78.4 Å². The Balaban J connectivity index is 1.84. The first kappa shape index (κ1) is 13.4. The molecular formula is C13H17ClN4O2. The monoisotopic (exact) mass is 296 g/mol. The molecule has 20 heavy (non-hydrogen) atoms. The molecule has 0 saturated carbocycles. The molecule has 1 amide bonds. The summed E-state index contributed by atoms with van der Waals surface area (Å²) in [6.07, 6.45) is 3.86. The van der Waals surface area contributed by atoms with E-state index in [1.807, 2.05) is 0 Å². The first-order valence-corrected chi connectivity index (χ1v) is 7.31. The first-order chi connectivity index (χ1) is 9.63. The Kier molecular flexibility index (Phi) is 3.65. The molecule has 0 aromatic carbocycles. The zero-order valence-electron chi connectivity index (χ0n) is 11.1. The number of aryl methyl sites for hydroxylation is 1. The zero-order valence-corrected chi connectivity index (χ0v) is 11.9. The van der Waals surface area contributed by atoms with Crippen molar-refractivity contribution < 1.29 is 9.90 Å². The van der Waals surface area contributed by atoms with Crippen LogP contribution < -0.4 is 10.2 Å². The number of hydrogen-bond acceptors (Lipinski definition) is 4. The molecule has 1 aliphatic carbocycles. The largest absolute Gasteiger partial charge is 0.465 e. The van der Waals surface area contributed by atoms with Crippen molar-refractivity contribution in [3.8, 4) is 0 Å². The standard InChI is InChI=1S/C13H17ClN4O2/c14-12-16-10-5-1-4-9(10)11(17-12)18-6-2-3-8(7-18)15-13(19)20/h8,15H,1-7H2,(H,19,20). The van der Waals surface area contributed by atoms with Crippen molar-refractivity contribution in [3.05, 3.63) is 16.5 Å². The van der Waals surface area contributed by atoms with Crippen molar-refractivity contribution in [2.45, 2.75) is 38.1 Å². The number of rotatable bonds is 2. The summed E-state index contributed by atoms with van der Waals surface area (Å²) in [6, 6.07) is -0.0490. The lowest BCUT2D eigenvalue weighted by Gasteiger charge is -2.34. The predicted molar refractivity (Wildman–Crippen MR) is 75.5 cm³/mol. The fraction of sp³-hybridized carbons (Fsp3) is 0.615. The van der Waals surface area contributed by atoms with Crippen LogP contribution in [0.15, 0.2) is 0 Å². The summed E-state index contributed by atoms with van der Waals surface area (Å²) in [5.41, 5.74) is 2.23. The molecule has 0 radical (unpaired) electrons. The van der Waals surface area contributed by atoms with Gasteiger partial charge in [0.05, 0.1) is 5.69 Å². The molecule has 1 aromatic heterocycles. The Morgan fingerprint density at radius 3 is 3.00 bits per heavy atom. The fourth-order valence-electron chi connectivity index (χ4n) is 3.11. The Morgan fingerprint density at radius 2 is 2.20 bits per heavy atom. The number of nitrogens with zero attached hydrogens (tertiary/aromatic N) is 3. The Morgan fingerprint density at radius 1 is 1.35 bits per heavy atom. The van der Waals surface area contributed by atoms with Crippen molar-refractivity contribution in [2.75, 3.05) is 18.0 Å². The van der Waals surface area contributed by atoms with Gasteiger partial charge in [-0.25, -0.2) is 14.8 Å². The minimum Gasteiger partial charge on any atom is -0.465 e. The van der Waals surface area contributed by atoms with Crippen molar-refractivity contribution in [3.63, 3.8) is 0 Å². The van der Waals surface area contributed by atoms with E-state index in [4.69, 9.17) is 16.7 Å². The highest BCUT2D eigenvalue weighted by molar-refractivity contribution is 6.28. The van der Waals surface area contributed by atoms with Crippen LogP contribution in [0.2, 0.25) is 5.28 Å². The van der Waals surface area contributed by atoms with Crippen molar-refractivity contribution in [1.29, 1.82) is 0 Å². The van der Waals surface area contributed by atoms with Crippen molar-refractivity contribution in [2.24, 2.45) is 0 Å². The smallest absolute Gasteiger partial charge is 0.404 e. The number of amides is 1. The quantitative estimate of drug-likeness (QED) is 0.815. The molecule has 0 spiro atoms. The van der Waals surface area contributed by atoms with Crippen LogP contribution in [0.25, 0.3) is 0 Å². The molecule has 2 N–H and O–H groups in total. The van der Waals surface area contributed by atoms with Crippen LogP contribution in [-0.4, -0.2) is 40.3 Å². The maximum Gasteiger partial charge on any atom is 0.404 e. The molecule has 6 nitrogen and oxygen atoms in total. The van der Waals surface area contributed by atoms with Gasteiger partial charge in [0.25, 0.3) is 0 Å². The normalized spacial score (nSPS) is 21.6. The second kappa shape index (κ2) is 5.44. The summed E-state index contributed by atoms with van der Waals surface area (Å²) in [5.74, 6) is 0.898. The molecule has 1 atom stereocenters. The van der Waals surface area contributed by atoms with Gasteiger partial charge in [0.2, 0.25) is 5.28 Å². The number of halogens is 1. The fourth-order valence-corrected chi connectivity index (χ4v) is 3.29. The number of aromatic nitrogens is 2. The summed E-state index contributed by atoms with van der Waals surface area (Å²) in [6.45, 7) is 1.53. The van der Waals surface area contributed by atoms with E-state index in [1.165, 1.54) is 5.56 Å². The van der Waals surface area contributed by atoms with Gasteiger partial charge >= 0.3 is 6.09 Å². The van der Waals surface area contributed by atoms with Crippen LogP contribution in [-0.2, 0) is 12.8 Å². The van der Waals surface area contributed by atoms with E-state index in [0.717, 1.165) is 50.2 Å². The first-order valence-electron chi connectivity index (χ1n) is 6.93. The van der Waals surface area contributed by atoms with Gasteiger partial charge in [-0.1, -0.05) is 0 Å². The highest BCUT2D eigenvalue weighted by Crippen LogP contribution is 2.31. The molecule has 7 heteroatoms. The maximum atomic E-state index is 10.8. The lowest BCUT2D eigenvalue weighted by Crippen LogP contribution is -2.48. The second-order valence-electron chi connectivity index (χ2n) is 5.33. The molecule has 1 saturated heterocycles. The SMILES string of the molecule is O=C(O)NC1CCCN(c2nc(Cl)nc3c2CCC3)C1. The second-order valence-corrected chi connectivity index (χ2v) is 5.67. The maximum absolute atomic E-state index is 10.8. The van der Waals surface area contributed by atoms with E-state index in [0.29, 0.717) is 6.54 Å². The average molecular weight is 297 g/mol. The molecule has 108 valence electrons. The molecule has 2 aliphatic rings. The van der Waals surface area contributed by atoms with Crippen LogP contribution in [0.3, 0.4) is 0 Å². The molecule has 1 aliphatic heterocycles. The van der Waals surface area contributed by atoms with E-state index < -0.39 is 6.09 Å². The van der Waals surface area contributed by atoms with Gasteiger partial charge in [0.1, 0.15) is 5.82 Å². The third-order valence-electron chi connectivity index (χ3n) is 3.93. The molecule has 2 heterocycles. The van der Waals surface area contributed by atoms with Gasteiger partial charge in [-0.2, -0.15) is 0 Å². The number of fused-ring (bicyclic) bond motifs is 1. The van der Waals surface area contributed by atoms with E-state index in [2.05, 4.69) is 20.2 Å². The lowest BCUT2D eigenvalue weighted by atomic mass is 10.1. The summed E-state index contributed by atoms with van der Waals surface area (Å²) < 4.78 is 0. The Hall–Kier alpha value is -1.56. The molecule has 1 fully saturated rings. The predicted octanol–water partition coefficient (Wildman–Crippen LogP) is 1.86. The van der Waals surface area contributed by atoms with Gasteiger partial charge in [-0.05, 0) is 43.7 Å². The van der Waals surface area contributed by atoms with Crippen LogP contribution in [0, 0.1) is 0 Å². The number of nitrogens with one attached hydrogen (secondary N) is 1. The summed E-state index contributed by atoms with van der Waals surface area (Å²) in [7, 11) is 0. The Labute approximate surface area is 122 Å². The van der Waals surface area contributed by atoms with Crippen LogP contribution in [0.4, 0.5) is 10.6 Å². The van der Waals surface area contributed by atoms with Crippen molar-refractivity contribution >= 4 is 23.5 Å². The number of carboxylic acid groups (broad SMARTS) is 1. The molecule has 0 bridgehead atoms. The molecule has 1 unspecified atom stereocenters. The van der Waals surface area contributed by atoms with E-state index >= 15 is 0 Å². The lowest BCUT2D eigenvalue weighted by molar-refractivity contribution is 0.188. The van der Waals surface area contributed by atoms with Gasteiger partial charge in [-0.3, -0.25) is 0 Å². The highest BCUT2D eigenvalue weighted by Gasteiger charge is 2.27. The zero-order chi connectivity index (χ0) is 14.1. The highest BCUT2D eigenvalue weighted by atomic mass is 35.5. The number of piperidine rings is 1. The van der Waals surface area contributed by atoms with Gasteiger partial charge in [-0.15, -0.1) is 0 Å². The summed E-state index contributed by atoms with van der Waals surface area (Å²) >= 11 is 6.01. The van der Waals surface area contributed by atoms with E-state index in [1.54, 1.807) is 0 Å². The average Bonchev–Trinajstić information content (AvgIpc) is 2.85. The van der Waals surface area contributed by atoms with Crippen LogP contribution in [0.1, 0.15) is 30.5 Å². The molecule has 1 aromatic rings. The summed E-state index contributed by atoms with van der Waals surface area (Å²) in [4.78, 5) is 21.6. The van der Waals surface area contributed by atoms with Crippen molar-refractivity contribution in [1.82, 2.24) is 15.3 Å². The Bertz CT molecular complexity index is 537. The minimum atomic E-state index is -0.970. The summed E-state index contributed by atoms with van der Waals surface area (Å²) in [5, 5.41) is 11.7. The van der Waals surface area contributed by atoms with Crippen LogP contribution in [0.5, 0.6) is 0 Å². The number of anilines is 1. The third kappa shape index (κ3) is 2.65. The third-order valence-corrected chi connectivity index (χ3v) is 4.10. The van der Waals surface area contributed by atoms with E-state index in [-0.39, 0.29) is 11.3 Å². The minimum absolute atomic E-state index is 0.0490. The van der Waals surface area contributed by atoms with Gasteiger partial charge < -0.3 is 15.3 Å². The van der Waals surface area contributed by atoms with E-state index in [9.17, 15) is 4.79 Å². The molecule has 3 rings (SSSR count). The van der Waals surface area contributed by atoms with Gasteiger partial charge in [0.15, 0.2) is 0 Å². The van der Waals surface area contributed by atoms with Gasteiger partial charge in [0, 0.05) is 24.7 Å².